The van der Waals surface area contributed by atoms with Gasteiger partial charge in [-0.05, 0) is 6.92 Å². The lowest BCUT2D eigenvalue weighted by Crippen LogP contribution is -2.46. The number of methoxy groups -OCH3 is 2. The number of carboxylic acids is 1. The van der Waals surface area contributed by atoms with Crippen LogP contribution < -0.4 is 14.8 Å². The predicted molar refractivity (Wildman–Crippen MR) is 89.2 cm³/mol. The average molecular weight is 392 g/mol. The van der Waals surface area contributed by atoms with Crippen molar-refractivity contribution in [3.8, 4) is 11.5 Å². The van der Waals surface area contributed by atoms with Gasteiger partial charge < -0.3 is 19.9 Å². The lowest BCUT2D eigenvalue weighted by Gasteiger charge is -2.26. The van der Waals surface area contributed by atoms with Crippen LogP contribution in [0.1, 0.15) is 13.8 Å². The fourth-order valence-electron chi connectivity index (χ4n) is 2.15. The highest BCUT2D eigenvalue weighted by Gasteiger charge is 2.35. The van der Waals surface area contributed by atoms with Crippen molar-refractivity contribution in [1.29, 1.82) is 0 Å². The summed E-state index contributed by atoms with van der Waals surface area (Å²) >= 11 is 0. The summed E-state index contributed by atoms with van der Waals surface area (Å²) in [4.78, 5) is 21.5. The molecule has 11 heteroatoms. The number of hydrogen-bond donors (Lipinski definition) is 2. The normalized spacial score (nSPS) is 12.5. The van der Waals surface area contributed by atoms with Crippen LogP contribution in [0.15, 0.2) is 17.0 Å². The molecule has 0 aromatic heterocycles. The molecule has 2 N–H and O–H groups in total. The first-order valence-electron chi connectivity index (χ1n) is 7.46. The van der Waals surface area contributed by atoms with Crippen molar-refractivity contribution in [2.75, 3.05) is 27.3 Å². The highest BCUT2D eigenvalue weighted by Crippen LogP contribution is 2.33. The molecule has 0 saturated heterocycles. The molecule has 0 aliphatic heterocycles. The van der Waals surface area contributed by atoms with Gasteiger partial charge >= 0.3 is 5.97 Å². The van der Waals surface area contributed by atoms with Gasteiger partial charge in [0.05, 0.1) is 14.2 Å². The SMILES string of the molecule is COc1cc(F)c(S(=O)(=O)N(CCNC(C)=O)C(C)C(=O)O)cc1OC. The first kappa shape index (κ1) is 21.6. The summed E-state index contributed by atoms with van der Waals surface area (Å²) in [6.45, 7) is 1.88. The second-order valence-corrected chi connectivity index (χ2v) is 7.11. The van der Waals surface area contributed by atoms with Gasteiger partial charge in [-0.3, -0.25) is 9.59 Å². The van der Waals surface area contributed by atoms with Crippen LogP contribution in [0.25, 0.3) is 0 Å². The van der Waals surface area contributed by atoms with E-state index in [1.807, 2.05) is 0 Å². The number of hydrogen-bond acceptors (Lipinski definition) is 6. The largest absolute Gasteiger partial charge is 0.493 e. The van der Waals surface area contributed by atoms with Crippen LogP contribution in [0.5, 0.6) is 11.5 Å². The molecule has 26 heavy (non-hydrogen) atoms. The number of nitrogens with one attached hydrogen (secondary N) is 1. The molecule has 0 aliphatic rings. The number of nitrogens with zero attached hydrogens (tertiary/aromatic N) is 1. The first-order valence-corrected chi connectivity index (χ1v) is 8.90. The van der Waals surface area contributed by atoms with Gasteiger partial charge in [-0.25, -0.2) is 12.8 Å². The number of rotatable bonds is 9. The highest BCUT2D eigenvalue weighted by molar-refractivity contribution is 7.89. The number of carboxylic acid groups (broad SMARTS) is 1. The molecule has 0 radical (unpaired) electrons. The van der Waals surface area contributed by atoms with E-state index in [1.165, 1.54) is 21.1 Å². The van der Waals surface area contributed by atoms with Gasteiger partial charge in [-0.1, -0.05) is 0 Å². The van der Waals surface area contributed by atoms with E-state index in [0.717, 1.165) is 19.1 Å². The summed E-state index contributed by atoms with van der Waals surface area (Å²) in [5.41, 5.74) is 0. The summed E-state index contributed by atoms with van der Waals surface area (Å²) in [7, 11) is -2.03. The van der Waals surface area contributed by atoms with Crippen LogP contribution in [0.2, 0.25) is 0 Å². The van der Waals surface area contributed by atoms with Gasteiger partial charge in [0.2, 0.25) is 15.9 Å². The molecular weight excluding hydrogens is 371 g/mol. The maximum atomic E-state index is 14.4. The molecule has 1 amide bonds. The topological polar surface area (TPSA) is 122 Å². The Bertz CT molecular complexity index is 782. The Morgan fingerprint density at radius 1 is 1.27 bits per heavy atom. The van der Waals surface area contributed by atoms with Gasteiger partial charge in [0.1, 0.15) is 16.8 Å². The van der Waals surface area contributed by atoms with E-state index in [0.29, 0.717) is 4.31 Å². The second-order valence-electron chi connectivity index (χ2n) is 5.25. The zero-order valence-corrected chi connectivity index (χ0v) is 15.6. The third-order valence-corrected chi connectivity index (χ3v) is 5.51. The third-order valence-electron chi connectivity index (χ3n) is 3.52. The Hall–Kier alpha value is -2.40. The molecule has 0 aliphatic carbocycles. The number of benzene rings is 1. The third kappa shape index (κ3) is 4.82. The van der Waals surface area contributed by atoms with E-state index in [1.54, 1.807) is 0 Å². The Morgan fingerprint density at radius 2 is 1.81 bits per heavy atom. The second kappa shape index (κ2) is 8.81. The van der Waals surface area contributed by atoms with Crippen molar-refractivity contribution in [3.63, 3.8) is 0 Å². The highest BCUT2D eigenvalue weighted by atomic mass is 32.2. The van der Waals surface area contributed by atoms with Crippen molar-refractivity contribution in [3.05, 3.63) is 17.9 Å². The maximum absolute atomic E-state index is 14.4. The molecule has 0 spiro atoms. The van der Waals surface area contributed by atoms with Crippen LogP contribution in [0, 0.1) is 5.82 Å². The van der Waals surface area contributed by atoms with Gasteiger partial charge in [0, 0.05) is 32.1 Å². The Balaban J connectivity index is 3.39. The van der Waals surface area contributed by atoms with Crippen LogP contribution in [-0.4, -0.2) is 63.1 Å². The summed E-state index contributed by atoms with van der Waals surface area (Å²) in [6, 6.07) is 0.272. The zero-order chi connectivity index (χ0) is 20.1. The van der Waals surface area contributed by atoms with Crippen LogP contribution in [0.3, 0.4) is 0 Å². The van der Waals surface area contributed by atoms with Crippen LogP contribution in [0.4, 0.5) is 4.39 Å². The van der Waals surface area contributed by atoms with E-state index < -0.39 is 38.7 Å². The van der Waals surface area contributed by atoms with Gasteiger partial charge in [-0.2, -0.15) is 4.31 Å². The fraction of sp³-hybridized carbons (Fsp3) is 0.467. The van der Waals surface area contributed by atoms with Crippen molar-refractivity contribution >= 4 is 21.9 Å². The molecule has 1 atom stereocenters. The lowest BCUT2D eigenvalue weighted by atomic mass is 10.3. The lowest BCUT2D eigenvalue weighted by molar-refractivity contribution is -0.140. The van der Waals surface area contributed by atoms with Crippen LogP contribution in [-0.2, 0) is 19.6 Å². The smallest absolute Gasteiger partial charge is 0.321 e. The molecule has 146 valence electrons. The zero-order valence-electron chi connectivity index (χ0n) is 14.8. The van der Waals surface area contributed by atoms with Gasteiger partial charge in [0.15, 0.2) is 11.5 Å². The molecule has 1 unspecified atom stereocenters. The number of carbonyl (C=O) groups is 2. The number of amides is 1. The molecule has 0 fully saturated rings. The minimum atomic E-state index is -4.54. The quantitative estimate of drug-likeness (QED) is 0.625. The summed E-state index contributed by atoms with van der Waals surface area (Å²) in [5, 5.41) is 11.6. The van der Waals surface area contributed by atoms with E-state index in [4.69, 9.17) is 9.47 Å². The number of sulfonamides is 1. The number of aliphatic carboxylic acids is 1. The fourth-order valence-corrected chi connectivity index (χ4v) is 3.80. The number of carbonyl (C=O) groups excluding carboxylic acids is 1. The first-order chi connectivity index (χ1) is 12.1. The molecule has 0 heterocycles. The minimum Gasteiger partial charge on any atom is -0.493 e. The average Bonchev–Trinajstić information content (AvgIpc) is 2.56. The van der Waals surface area contributed by atoms with Crippen molar-refractivity contribution in [2.45, 2.75) is 24.8 Å². The Morgan fingerprint density at radius 3 is 2.27 bits per heavy atom. The van der Waals surface area contributed by atoms with Crippen molar-refractivity contribution in [1.82, 2.24) is 9.62 Å². The summed E-state index contributed by atoms with van der Waals surface area (Å²) < 4.78 is 50.6. The van der Waals surface area contributed by atoms with E-state index in [9.17, 15) is 27.5 Å². The molecule has 0 bridgehead atoms. The minimum absolute atomic E-state index is 0.0139. The standard InChI is InChI=1S/C15H21FN2O7S/c1-9(15(20)21)18(6-5-17-10(2)19)26(22,23)14-8-13(25-4)12(24-3)7-11(14)16/h7-9H,5-6H2,1-4H3,(H,17,19)(H,20,21). The number of ether oxygens (including phenoxy) is 2. The molecule has 0 saturated carbocycles. The molecule has 1 aromatic rings. The maximum Gasteiger partial charge on any atom is 0.321 e. The molecule has 9 nitrogen and oxygen atoms in total. The van der Waals surface area contributed by atoms with Crippen molar-refractivity contribution < 1.29 is 37.0 Å². The van der Waals surface area contributed by atoms with Crippen molar-refractivity contribution in [2.24, 2.45) is 0 Å². The predicted octanol–water partition coefficient (Wildman–Crippen LogP) is 0.443. The molecule has 1 rings (SSSR count). The summed E-state index contributed by atoms with van der Waals surface area (Å²) in [6.07, 6.45) is 0. The van der Waals surface area contributed by atoms with Gasteiger partial charge in [0.25, 0.3) is 0 Å². The monoisotopic (exact) mass is 392 g/mol. The van der Waals surface area contributed by atoms with Gasteiger partial charge in [-0.15, -0.1) is 0 Å². The van der Waals surface area contributed by atoms with Crippen LogP contribution >= 0.6 is 0 Å². The molecular formula is C15H21FN2O7S. The van der Waals surface area contributed by atoms with E-state index >= 15 is 0 Å². The van der Waals surface area contributed by atoms with E-state index in [2.05, 4.69) is 5.32 Å². The van der Waals surface area contributed by atoms with E-state index in [-0.39, 0.29) is 24.6 Å². The molecule has 1 aromatic carbocycles. The number of halogens is 1. The summed E-state index contributed by atoms with van der Waals surface area (Å²) in [5.74, 6) is -3.00. The Kier molecular flexibility index (Phi) is 7.33. The Labute approximate surface area is 150 Å².